The van der Waals surface area contributed by atoms with Crippen LogP contribution in [-0.4, -0.2) is 53.6 Å². The number of carbonyl (C=O) groups is 1. The lowest BCUT2D eigenvalue weighted by atomic mass is 10.0. The Morgan fingerprint density at radius 2 is 1.95 bits per heavy atom. The van der Waals surface area contributed by atoms with E-state index in [1.165, 1.54) is 38.6 Å². The Balaban J connectivity index is 1.63. The molecule has 0 aromatic rings. The Labute approximate surface area is 129 Å². The van der Waals surface area contributed by atoms with Crippen molar-refractivity contribution in [3.8, 4) is 0 Å². The van der Waals surface area contributed by atoms with Gasteiger partial charge in [0.15, 0.2) is 0 Å². The van der Waals surface area contributed by atoms with Crippen LogP contribution < -0.4 is 5.32 Å². The minimum absolute atomic E-state index is 0.0122. The van der Waals surface area contributed by atoms with Gasteiger partial charge in [0.1, 0.15) is 0 Å². The highest BCUT2D eigenvalue weighted by atomic mass is 16.2. The molecule has 1 aliphatic carbocycles. The van der Waals surface area contributed by atoms with Crippen LogP contribution in [0.5, 0.6) is 0 Å². The number of hydrogen-bond donors (Lipinski definition) is 1. The van der Waals surface area contributed by atoms with Crippen LogP contribution in [0.3, 0.4) is 0 Å². The Morgan fingerprint density at radius 1 is 1.24 bits per heavy atom. The number of rotatable bonds is 4. The van der Waals surface area contributed by atoms with Crippen molar-refractivity contribution >= 4 is 5.91 Å². The summed E-state index contributed by atoms with van der Waals surface area (Å²) in [7, 11) is 0. The predicted molar refractivity (Wildman–Crippen MR) is 84.9 cm³/mol. The van der Waals surface area contributed by atoms with Gasteiger partial charge in [-0.3, -0.25) is 10.1 Å². The first kappa shape index (κ1) is 15.3. The van der Waals surface area contributed by atoms with Gasteiger partial charge in [0.05, 0.1) is 12.2 Å². The summed E-state index contributed by atoms with van der Waals surface area (Å²) in [5, 5.41) is 3.57. The molecular weight excluding hydrogens is 262 g/mol. The maximum Gasteiger partial charge on any atom is 0.240 e. The number of likely N-dealkylation sites (tertiary alicyclic amines) is 1. The Hall–Kier alpha value is -0.610. The van der Waals surface area contributed by atoms with E-state index in [1.54, 1.807) is 0 Å². The molecule has 2 aliphatic heterocycles. The molecule has 3 rings (SSSR count). The smallest absolute Gasteiger partial charge is 0.240 e. The maximum atomic E-state index is 12.5. The first-order valence-electron chi connectivity index (χ1n) is 8.87. The van der Waals surface area contributed by atoms with Gasteiger partial charge < -0.3 is 9.80 Å². The molecule has 3 fully saturated rings. The van der Waals surface area contributed by atoms with Gasteiger partial charge in [-0.05, 0) is 58.4 Å². The van der Waals surface area contributed by atoms with Crippen LogP contribution in [0.4, 0.5) is 0 Å². The van der Waals surface area contributed by atoms with Crippen molar-refractivity contribution in [2.24, 2.45) is 11.8 Å². The highest BCUT2D eigenvalue weighted by Crippen LogP contribution is 2.33. The van der Waals surface area contributed by atoms with Crippen LogP contribution in [0.1, 0.15) is 52.9 Å². The first-order chi connectivity index (χ1) is 10.1. The lowest BCUT2D eigenvalue weighted by molar-refractivity contribution is -0.131. The van der Waals surface area contributed by atoms with Crippen molar-refractivity contribution in [2.75, 3.05) is 19.6 Å². The van der Waals surface area contributed by atoms with Crippen LogP contribution >= 0.6 is 0 Å². The van der Waals surface area contributed by atoms with Crippen molar-refractivity contribution in [1.82, 2.24) is 15.1 Å². The fourth-order valence-electron chi connectivity index (χ4n) is 4.43. The zero-order valence-electron chi connectivity index (χ0n) is 13.8. The Morgan fingerprint density at radius 3 is 2.57 bits per heavy atom. The summed E-state index contributed by atoms with van der Waals surface area (Å²) < 4.78 is 0. The average molecular weight is 293 g/mol. The van der Waals surface area contributed by atoms with Crippen molar-refractivity contribution in [2.45, 2.75) is 71.1 Å². The number of nitrogens with one attached hydrogen (secondary N) is 1. The highest BCUT2D eigenvalue weighted by Gasteiger charge is 2.42. The molecule has 1 saturated carbocycles. The summed E-state index contributed by atoms with van der Waals surface area (Å²) >= 11 is 0. The van der Waals surface area contributed by atoms with Gasteiger partial charge in [-0.25, -0.2) is 0 Å². The van der Waals surface area contributed by atoms with Gasteiger partial charge in [-0.1, -0.05) is 12.8 Å². The second kappa shape index (κ2) is 6.25. The van der Waals surface area contributed by atoms with Crippen molar-refractivity contribution in [3.05, 3.63) is 0 Å². The topological polar surface area (TPSA) is 35.6 Å². The fraction of sp³-hybridized carbons (Fsp3) is 0.941. The molecule has 4 nitrogen and oxygen atoms in total. The first-order valence-corrected chi connectivity index (χ1v) is 8.87. The molecule has 3 atom stereocenters. The largest absolute Gasteiger partial charge is 0.325 e. The number of amides is 1. The third kappa shape index (κ3) is 3.11. The van der Waals surface area contributed by atoms with Crippen LogP contribution in [-0.2, 0) is 4.79 Å². The summed E-state index contributed by atoms with van der Waals surface area (Å²) in [6, 6.07) is 0.644. The molecule has 0 aromatic heterocycles. The standard InChI is InChI=1S/C17H31N3O/c1-12(2)19-9-8-14(10-19)11-20-16(15-6-4-5-7-15)18-13(3)17(20)21/h12-16,18H,4-11H2,1-3H3. The van der Waals surface area contributed by atoms with E-state index in [0.29, 0.717) is 30.0 Å². The van der Waals surface area contributed by atoms with Gasteiger partial charge in [0.2, 0.25) is 5.91 Å². The quantitative estimate of drug-likeness (QED) is 0.862. The van der Waals surface area contributed by atoms with E-state index >= 15 is 0 Å². The molecule has 0 aromatic carbocycles. The summed E-state index contributed by atoms with van der Waals surface area (Å²) in [4.78, 5) is 17.3. The maximum absolute atomic E-state index is 12.5. The second-order valence-corrected chi connectivity index (χ2v) is 7.61. The Kier molecular flexibility index (Phi) is 4.55. The van der Waals surface area contributed by atoms with Gasteiger partial charge >= 0.3 is 0 Å². The fourth-order valence-corrected chi connectivity index (χ4v) is 4.43. The molecule has 3 aliphatic rings. The van der Waals surface area contributed by atoms with Crippen LogP contribution in [0.2, 0.25) is 0 Å². The molecule has 4 heteroatoms. The minimum atomic E-state index is 0.0122. The number of nitrogens with zero attached hydrogens (tertiary/aromatic N) is 2. The minimum Gasteiger partial charge on any atom is -0.325 e. The lowest BCUT2D eigenvalue weighted by Gasteiger charge is -2.31. The lowest BCUT2D eigenvalue weighted by Crippen LogP contribution is -2.45. The average Bonchev–Trinajstić information content (AvgIpc) is 3.16. The summed E-state index contributed by atoms with van der Waals surface area (Å²) in [6.45, 7) is 9.89. The molecule has 2 heterocycles. The van der Waals surface area contributed by atoms with Crippen molar-refractivity contribution in [1.29, 1.82) is 0 Å². The Bertz CT molecular complexity index is 378. The molecular formula is C17H31N3O. The molecule has 1 amide bonds. The normalized spacial score (nSPS) is 35.5. The zero-order chi connectivity index (χ0) is 15.0. The van der Waals surface area contributed by atoms with E-state index in [1.807, 2.05) is 6.92 Å². The summed E-state index contributed by atoms with van der Waals surface area (Å²) in [6.07, 6.45) is 6.80. The molecule has 3 unspecified atom stereocenters. The van der Waals surface area contributed by atoms with Crippen molar-refractivity contribution < 1.29 is 4.79 Å². The van der Waals surface area contributed by atoms with Crippen LogP contribution in [0, 0.1) is 11.8 Å². The van der Waals surface area contributed by atoms with Gasteiger partial charge in [0, 0.05) is 19.1 Å². The monoisotopic (exact) mass is 293 g/mol. The highest BCUT2D eigenvalue weighted by molar-refractivity contribution is 5.84. The van der Waals surface area contributed by atoms with E-state index in [-0.39, 0.29) is 6.04 Å². The summed E-state index contributed by atoms with van der Waals surface area (Å²) in [5.74, 6) is 1.67. The predicted octanol–water partition coefficient (Wildman–Crippen LogP) is 2.05. The van der Waals surface area contributed by atoms with Gasteiger partial charge in [-0.2, -0.15) is 0 Å². The van der Waals surface area contributed by atoms with Crippen LogP contribution in [0.15, 0.2) is 0 Å². The number of carbonyl (C=O) groups excluding carboxylic acids is 1. The molecule has 1 N–H and O–H groups in total. The van der Waals surface area contributed by atoms with E-state index in [9.17, 15) is 4.79 Å². The summed E-state index contributed by atoms with van der Waals surface area (Å²) in [5.41, 5.74) is 0. The molecule has 21 heavy (non-hydrogen) atoms. The van der Waals surface area contributed by atoms with E-state index in [0.717, 1.165) is 13.1 Å². The molecule has 0 bridgehead atoms. The zero-order valence-corrected chi connectivity index (χ0v) is 13.8. The SMILES string of the molecule is CC1NC(C2CCCC2)N(CC2CCN(C(C)C)C2)C1=O. The third-order valence-electron chi connectivity index (χ3n) is 5.76. The molecule has 120 valence electrons. The molecule has 0 radical (unpaired) electrons. The molecule has 0 spiro atoms. The van der Waals surface area contributed by atoms with Crippen LogP contribution in [0.25, 0.3) is 0 Å². The molecule has 2 saturated heterocycles. The second-order valence-electron chi connectivity index (χ2n) is 7.61. The van der Waals surface area contributed by atoms with Gasteiger partial charge in [-0.15, -0.1) is 0 Å². The number of hydrogen-bond acceptors (Lipinski definition) is 3. The third-order valence-corrected chi connectivity index (χ3v) is 5.76. The van der Waals surface area contributed by atoms with E-state index in [2.05, 4.69) is 29.0 Å². The van der Waals surface area contributed by atoms with E-state index in [4.69, 9.17) is 0 Å². The van der Waals surface area contributed by atoms with E-state index < -0.39 is 0 Å². The van der Waals surface area contributed by atoms with Crippen molar-refractivity contribution in [3.63, 3.8) is 0 Å². The van der Waals surface area contributed by atoms with Gasteiger partial charge in [0.25, 0.3) is 0 Å².